The van der Waals surface area contributed by atoms with Gasteiger partial charge in [-0.05, 0) is 65.7 Å². The van der Waals surface area contributed by atoms with Gasteiger partial charge in [-0.25, -0.2) is 0 Å². The van der Waals surface area contributed by atoms with Gasteiger partial charge in [0.25, 0.3) is 0 Å². The van der Waals surface area contributed by atoms with E-state index in [9.17, 15) is 24.6 Å². The molecule has 0 saturated carbocycles. The zero-order valence-corrected chi connectivity index (χ0v) is 21.1. The smallest absolute Gasteiger partial charge is 0.177 e. The third-order valence-electron chi connectivity index (χ3n) is 5.68. The third kappa shape index (κ3) is 5.67. The van der Waals surface area contributed by atoms with Crippen LogP contribution in [0.15, 0.2) is 79.9 Å². The molecule has 0 aliphatic carbocycles. The Hall–Kier alpha value is -5.05. The van der Waals surface area contributed by atoms with E-state index >= 15 is 0 Å². The van der Waals surface area contributed by atoms with E-state index < -0.39 is 17.0 Å². The lowest BCUT2D eigenvalue weighted by molar-refractivity contribution is -0.127. The van der Waals surface area contributed by atoms with Crippen molar-refractivity contribution < 1.29 is 43.9 Å². The first-order valence-corrected chi connectivity index (χ1v) is 11.0. The van der Waals surface area contributed by atoms with Crippen molar-refractivity contribution in [3.8, 4) is 34.5 Å². The van der Waals surface area contributed by atoms with E-state index in [1.54, 1.807) is 0 Å². The van der Waals surface area contributed by atoms with Crippen LogP contribution in [0, 0.1) is 0 Å². The van der Waals surface area contributed by atoms with Gasteiger partial charge in [0.05, 0.1) is 21.3 Å². The summed E-state index contributed by atoms with van der Waals surface area (Å²) in [6.45, 7) is 7.03. The Morgan fingerprint density at radius 1 is 0.684 bits per heavy atom. The Kier molecular flexibility index (Phi) is 9.81. The largest absolute Gasteiger partial charge is 0.504 e. The van der Waals surface area contributed by atoms with Crippen LogP contribution in [0.1, 0.15) is 21.5 Å². The molecule has 0 bridgehead atoms. The molecule has 3 rings (SSSR count). The number of carbonyl (C=O) groups excluding carboxylic acids is 3. The molecule has 3 aromatic rings. The summed E-state index contributed by atoms with van der Waals surface area (Å²) < 4.78 is 15.0. The second kappa shape index (κ2) is 12.8. The molecule has 0 spiro atoms. The summed E-state index contributed by atoms with van der Waals surface area (Å²) in [5, 5.41) is 28.9. The lowest BCUT2D eigenvalue weighted by Gasteiger charge is -2.30. The van der Waals surface area contributed by atoms with Crippen molar-refractivity contribution in [3.05, 3.63) is 96.6 Å². The second-order valence-corrected chi connectivity index (χ2v) is 7.71. The van der Waals surface area contributed by atoms with Crippen LogP contribution in [0.3, 0.4) is 0 Å². The number of phenolic OH excluding ortho intramolecular Hbond substituents is 3. The van der Waals surface area contributed by atoms with Gasteiger partial charge in [-0.15, -0.1) is 0 Å². The molecule has 9 nitrogen and oxygen atoms in total. The Balaban J connectivity index is 0.000000384. The van der Waals surface area contributed by atoms with Crippen LogP contribution in [0.25, 0.3) is 0 Å². The molecule has 0 aliphatic rings. The van der Waals surface area contributed by atoms with Crippen LogP contribution < -0.4 is 14.2 Å². The summed E-state index contributed by atoms with van der Waals surface area (Å²) in [5.41, 5.74) is -0.843. The van der Waals surface area contributed by atoms with Gasteiger partial charge in [-0.3, -0.25) is 14.4 Å². The van der Waals surface area contributed by atoms with Crippen molar-refractivity contribution in [2.24, 2.45) is 0 Å². The number of hydrogen-bond donors (Lipinski definition) is 3. The van der Waals surface area contributed by atoms with E-state index in [0.717, 1.165) is 12.2 Å². The number of ether oxygens (including phenoxy) is 3. The number of allylic oxidation sites excluding steroid dienone is 2. The van der Waals surface area contributed by atoms with Crippen molar-refractivity contribution in [1.29, 1.82) is 0 Å². The first-order chi connectivity index (χ1) is 18.1. The van der Waals surface area contributed by atoms with E-state index in [1.165, 1.54) is 75.9 Å². The molecular weight excluding hydrogens is 492 g/mol. The topological polar surface area (TPSA) is 140 Å². The van der Waals surface area contributed by atoms with Crippen molar-refractivity contribution in [2.45, 2.75) is 5.41 Å². The standard InChI is InChI=1S/C21H20O6.C8H8O3/c1-5-19(24)21(20(25)6-2,13-7-9-15(22)17(11-13)26-3)14-8-10-16(23)18(12-14)27-4;1-11-8-4-6(5-9)2-3-7(8)10/h5-12,22-23H,1-2H2,3-4H3;2-5,10H,1H3. The van der Waals surface area contributed by atoms with Crippen LogP contribution in [0.2, 0.25) is 0 Å². The predicted octanol–water partition coefficient (Wildman–Crippen LogP) is 4.12. The molecule has 0 unspecified atom stereocenters. The van der Waals surface area contributed by atoms with Crippen molar-refractivity contribution in [1.82, 2.24) is 0 Å². The van der Waals surface area contributed by atoms with Gasteiger partial charge in [0, 0.05) is 5.56 Å². The molecule has 0 amide bonds. The van der Waals surface area contributed by atoms with Crippen LogP contribution in [0.4, 0.5) is 0 Å². The quantitative estimate of drug-likeness (QED) is 0.205. The van der Waals surface area contributed by atoms with E-state index in [4.69, 9.17) is 19.3 Å². The number of carbonyl (C=O) groups is 3. The number of ketones is 2. The first-order valence-electron chi connectivity index (χ1n) is 11.0. The maximum atomic E-state index is 13.0. The minimum Gasteiger partial charge on any atom is -0.504 e. The maximum Gasteiger partial charge on any atom is 0.177 e. The highest BCUT2D eigenvalue weighted by molar-refractivity contribution is 6.22. The molecule has 0 aromatic heterocycles. The summed E-state index contributed by atoms with van der Waals surface area (Å²) in [4.78, 5) is 36.3. The number of aldehydes is 1. The van der Waals surface area contributed by atoms with Gasteiger partial charge in [0.15, 0.2) is 46.1 Å². The van der Waals surface area contributed by atoms with Gasteiger partial charge in [-0.1, -0.05) is 25.3 Å². The van der Waals surface area contributed by atoms with Crippen LogP contribution >= 0.6 is 0 Å². The molecule has 3 N–H and O–H groups in total. The molecule has 0 heterocycles. The van der Waals surface area contributed by atoms with Gasteiger partial charge in [0.1, 0.15) is 11.7 Å². The van der Waals surface area contributed by atoms with Crippen molar-refractivity contribution in [3.63, 3.8) is 0 Å². The molecule has 0 radical (unpaired) electrons. The SMILES string of the molecule is C=CC(=O)C(C(=O)C=C)(c1ccc(O)c(OC)c1)c1ccc(O)c(OC)c1.COc1cc(C=O)ccc1O. The van der Waals surface area contributed by atoms with Gasteiger partial charge < -0.3 is 29.5 Å². The normalized spacial score (nSPS) is 10.3. The molecule has 0 saturated heterocycles. The zero-order chi connectivity index (χ0) is 28.5. The molecule has 9 heteroatoms. The Morgan fingerprint density at radius 2 is 1.05 bits per heavy atom. The summed E-state index contributed by atoms with van der Waals surface area (Å²) in [6.07, 6.45) is 2.78. The summed E-state index contributed by atoms with van der Waals surface area (Å²) in [5.74, 6) is -0.952. The lowest BCUT2D eigenvalue weighted by atomic mass is 9.68. The average molecular weight is 521 g/mol. The van der Waals surface area contributed by atoms with E-state index in [-0.39, 0.29) is 39.9 Å². The first kappa shape index (κ1) is 29.2. The summed E-state index contributed by atoms with van der Waals surface area (Å²) in [6, 6.07) is 12.8. The molecule has 3 aromatic carbocycles. The maximum absolute atomic E-state index is 13.0. The van der Waals surface area contributed by atoms with Crippen LogP contribution in [0.5, 0.6) is 34.5 Å². The zero-order valence-electron chi connectivity index (χ0n) is 21.1. The average Bonchev–Trinajstić information content (AvgIpc) is 2.94. The number of hydrogen-bond acceptors (Lipinski definition) is 9. The van der Waals surface area contributed by atoms with Crippen molar-refractivity contribution >= 4 is 17.9 Å². The number of methoxy groups -OCH3 is 3. The fraction of sp³-hybridized carbons (Fsp3) is 0.138. The monoisotopic (exact) mass is 520 g/mol. The minimum absolute atomic E-state index is 0.0399. The van der Waals surface area contributed by atoms with E-state index in [1.807, 2.05) is 0 Å². The third-order valence-corrected chi connectivity index (χ3v) is 5.68. The number of phenols is 3. The highest BCUT2D eigenvalue weighted by atomic mass is 16.5. The number of aromatic hydroxyl groups is 3. The van der Waals surface area contributed by atoms with Gasteiger partial charge in [-0.2, -0.15) is 0 Å². The molecule has 0 atom stereocenters. The van der Waals surface area contributed by atoms with Gasteiger partial charge >= 0.3 is 0 Å². The Bertz CT molecular complexity index is 1280. The fourth-order valence-electron chi connectivity index (χ4n) is 3.75. The molecule has 38 heavy (non-hydrogen) atoms. The fourth-order valence-corrected chi connectivity index (χ4v) is 3.75. The Morgan fingerprint density at radius 3 is 1.39 bits per heavy atom. The molecular formula is C29H28O9. The van der Waals surface area contributed by atoms with Crippen LogP contribution in [-0.2, 0) is 15.0 Å². The second-order valence-electron chi connectivity index (χ2n) is 7.71. The summed E-state index contributed by atoms with van der Waals surface area (Å²) in [7, 11) is 4.15. The lowest BCUT2D eigenvalue weighted by Crippen LogP contribution is -2.43. The van der Waals surface area contributed by atoms with E-state index in [2.05, 4.69) is 13.2 Å². The predicted molar refractivity (Wildman–Crippen MR) is 141 cm³/mol. The summed E-state index contributed by atoms with van der Waals surface area (Å²) >= 11 is 0. The van der Waals surface area contributed by atoms with Crippen LogP contribution in [-0.4, -0.2) is 54.5 Å². The highest BCUT2D eigenvalue weighted by Crippen LogP contribution is 2.42. The number of rotatable bonds is 10. The van der Waals surface area contributed by atoms with E-state index in [0.29, 0.717) is 17.6 Å². The molecule has 198 valence electrons. The van der Waals surface area contributed by atoms with Crippen molar-refractivity contribution in [2.75, 3.05) is 21.3 Å². The molecule has 0 fully saturated rings. The highest BCUT2D eigenvalue weighted by Gasteiger charge is 2.46. The Labute approximate surface area is 219 Å². The molecule has 0 aliphatic heterocycles. The van der Waals surface area contributed by atoms with Gasteiger partial charge in [0.2, 0.25) is 0 Å². The number of benzene rings is 3. The minimum atomic E-state index is -1.83.